The topological polar surface area (TPSA) is 50.2 Å². The van der Waals surface area contributed by atoms with Gasteiger partial charge < -0.3 is 10.1 Å². The molecule has 1 aromatic carbocycles. The van der Waals surface area contributed by atoms with Crippen LogP contribution < -0.4 is 0 Å². The number of rotatable bonds is 2. The third kappa shape index (κ3) is 7.62. The number of carbonyl (C=O) groups is 1. The fourth-order valence-electron chi connectivity index (χ4n) is 1.37. The van der Waals surface area contributed by atoms with Gasteiger partial charge in [0.15, 0.2) is 5.78 Å². The van der Waals surface area contributed by atoms with Crippen molar-refractivity contribution in [2.75, 3.05) is 0 Å². The minimum atomic E-state index is -0.125. The number of aromatic nitrogens is 1. The van der Waals surface area contributed by atoms with Gasteiger partial charge in [-0.15, -0.1) is 35.9 Å². The molecule has 0 unspecified atom stereocenters. The number of hydrogen-bond donors (Lipinski definition) is 1. The first-order valence-corrected chi connectivity index (χ1v) is 5.85. The zero-order valence-electron chi connectivity index (χ0n) is 11.3. The molecule has 1 N–H and O–H groups in total. The fraction of sp³-hybridized carbons (Fsp3) is 0.125. The number of ketones is 1. The van der Waals surface area contributed by atoms with E-state index in [0.29, 0.717) is 0 Å². The molecule has 4 heteroatoms. The van der Waals surface area contributed by atoms with Crippen LogP contribution in [-0.4, -0.2) is 15.9 Å². The van der Waals surface area contributed by atoms with Crippen molar-refractivity contribution >= 4 is 5.78 Å². The quantitative estimate of drug-likeness (QED) is 0.436. The first-order chi connectivity index (χ1) is 9.09. The van der Waals surface area contributed by atoms with Gasteiger partial charge in [0.25, 0.3) is 0 Å². The predicted molar refractivity (Wildman–Crippen MR) is 75.6 cm³/mol. The number of pyridine rings is 1. The van der Waals surface area contributed by atoms with Crippen molar-refractivity contribution in [3.63, 3.8) is 0 Å². The van der Waals surface area contributed by atoms with Crippen LogP contribution in [0.15, 0.2) is 60.5 Å². The summed E-state index contributed by atoms with van der Waals surface area (Å²) in [5.74, 6) is -0.0625. The van der Waals surface area contributed by atoms with Gasteiger partial charge in [-0.25, -0.2) is 0 Å². The molecule has 3 nitrogen and oxygen atoms in total. The molecule has 0 bridgehead atoms. The van der Waals surface area contributed by atoms with E-state index in [9.17, 15) is 4.79 Å². The summed E-state index contributed by atoms with van der Waals surface area (Å²) in [7, 11) is 0. The molecule has 107 valence electrons. The second-order valence-electron chi connectivity index (χ2n) is 3.89. The van der Waals surface area contributed by atoms with Crippen molar-refractivity contribution in [3.8, 4) is 11.3 Å². The van der Waals surface area contributed by atoms with Crippen LogP contribution in [0.5, 0.6) is 0 Å². The Morgan fingerprint density at radius 2 is 1.90 bits per heavy atom. The Bertz CT molecular complexity index is 497. The second kappa shape index (κ2) is 10.1. The molecule has 1 heterocycles. The molecular weight excluding hydrogens is 430 g/mol. The summed E-state index contributed by atoms with van der Waals surface area (Å²) in [6, 6.07) is 16.8. The maximum absolute atomic E-state index is 10.0. The van der Waals surface area contributed by atoms with E-state index < -0.39 is 0 Å². The van der Waals surface area contributed by atoms with Gasteiger partial charge in [-0.1, -0.05) is 12.1 Å². The van der Waals surface area contributed by atoms with Crippen LogP contribution >= 0.6 is 0 Å². The molecular formula is C16H16IrNO2-. The number of allylic oxidation sites excluding steroid dienone is 2. The van der Waals surface area contributed by atoms with Crippen LogP contribution in [0.25, 0.3) is 11.3 Å². The second-order valence-corrected chi connectivity index (χ2v) is 3.89. The molecule has 0 atom stereocenters. The minimum Gasteiger partial charge on any atom is -0.512 e. The molecule has 1 aromatic heterocycles. The molecule has 0 fully saturated rings. The predicted octanol–water partition coefficient (Wildman–Crippen LogP) is 3.58. The summed E-state index contributed by atoms with van der Waals surface area (Å²) >= 11 is 0. The van der Waals surface area contributed by atoms with E-state index in [-0.39, 0.29) is 31.6 Å². The van der Waals surface area contributed by atoms with Crippen molar-refractivity contribution in [2.45, 2.75) is 13.8 Å². The zero-order valence-corrected chi connectivity index (χ0v) is 13.7. The molecule has 0 aliphatic rings. The van der Waals surface area contributed by atoms with E-state index in [1.807, 2.05) is 42.5 Å². The first-order valence-electron chi connectivity index (χ1n) is 5.85. The van der Waals surface area contributed by atoms with E-state index in [0.717, 1.165) is 11.3 Å². The minimum absolute atomic E-state index is 0. The van der Waals surface area contributed by atoms with Gasteiger partial charge >= 0.3 is 0 Å². The normalized spacial score (nSPS) is 9.80. The Balaban J connectivity index is 0.000000396. The van der Waals surface area contributed by atoms with E-state index >= 15 is 0 Å². The molecule has 0 aliphatic heterocycles. The largest absolute Gasteiger partial charge is 0.512 e. The maximum atomic E-state index is 10.0. The van der Waals surface area contributed by atoms with Gasteiger partial charge in [-0.2, -0.15) is 0 Å². The molecule has 0 spiro atoms. The third-order valence-electron chi connectivity index (χ3n) is 2.06. The molecule has 20 heavy (non-hydrogen) atoms. The first kappa shape index (κ1) is 18.2. The zero-order chi connectivity index (χ0) is 14.1. The molecule has 0 saturated heterocycles. The van der Waals surface area contributed by atoms with Crippen LogP contribution in [0.4, 0.5) is 0 Å². The van der Waals surface area contributed by atoms with Crippen molar-refractivity contribution < 1.29 is 30.0 Å². The van der Waals surface area contributed by atoms with Crippen molar-refractivity contribution in [1.29, 1.82) is 0 Å². The Hall–Kier alpha value is -1.77. The summed E-state index contributed by atoms with van der Waals surface area (Å²) < 4.78 is 0. The van der Waals surface area contributed by atoms with Crippen molar-refractivity contribution in [2.24, 2.45) is 0 Å². The van der Waals surface area contributed by atoms with Gasteiger partial charge in [-0.3, -0.25) is 4.79 Å². The maximum Gasteiger partial charge on any atom is 0.155 e. The Kier molecular flexibility index (Phi) is 9.18. The summed E-state index contributed by atoms with van der Waals surface area (Å²) in [6.07, 6.45) is 2.95. The van der Waals surface area contributed by atoms with Gasteiger partial charge in [-0.05, 0) is 25.6 Å². The number of aliphatic hydroxyl groups excluding tert-OH is 1. The van der Waals surface area contributed by atoms with Crippen LogP contribution in [0.1, 0.15) is 13.8 Å². The number of benzene rings is 1. The van der Waals surface area contributed by atoms with Gasteiger partial charge in [0.2, 0.25) is 0 Å². The number of aliphatic hydroxyl groups is 1. The van der Waals surface area contributed by atoms with Crippen molar-refractivity contribution in [1.82, 2.24) is 4.98 Å². The Labute approximate surface area is 132 Å². The van der Waals surface area contributed by atoms with Gasteiger partial charge in [0.1, 0.15) is 0 Å². The molecule has 0 aliphatic carbocycles. The van der Waals surface area contributed by atoms with Crippen LogP contribution in [0.3, 0.4) is 0 Å². The van der Waals surface area contributed by atoms with Crippen LogP contribution in [-0.2, 0) is 24.9 Å². The fourth-order valence-corrected chi connectivity index (χ4v) is 1.37. The summed E-state index contributed by atoms with van der Waals surface area (Å²) in [5.41, 5.74) is 2.01. The molecule has 1 radical (unpaired) electrons. The average molecular weight is 447 g/mol. The van der Waals surface area contributed by atoms with E-state index in [2.05, 4.69) is 11.1 Å². The van der Waals surface area contributed by atoms with E-state index in [4.69, 9.17) is 5.11 Å². The van der Waals surface area contributed by atoms with Crippen LogP contribution in [0.2, 0.25) is 0 Å². The van der Waals surface area contributed by atoms with Crippen molar-refractivity contribution in [3.05, 3.63) is 66.6 Å². The molecule has 2 rings (SSSR count). The Morgan fingerprint density at radius 1 is 1.20 bits per heavy atom. The van der Waals surface area contributed by atoms with E-state index in [1.54, 1.807) is 6.20 Å². The molecule has 0 amide bonds. The number of carbonyl (C=O) groups excluding carboxylic acids is 1. The van der Waals surface area contributed by atoms with E-state index in [1.165, 1.54) is 19.9 Å². The third-order valence-corrected chi connectivity index (χ3v) is 2.06. The monoisotopic (exact) mass is 447 g/mol. The standard InChI is InChI=1S/C11H8N.C5H8O2.Ir/c1-2-6-10(7-3-1)11-8-4-5-9-12-11;1-4(6)3-5(2)7;/h1-6,8-9H;3,6H,1-2H3;/q-1;;. The van der Waals surface area contributed by atoms with Gasteiger partial charge in [0.05, 0.1) is 5.76 Å². The number of hydrogen-bond acceptors (Lipinski definition) is 3. The van der Waals surface area contributed by atoms with Crippen LogP contribution in [0, 0.1) is 6.07 Å². The average Bonchev–Trinajstić information content (AvgIpc) is 2.40. The summed E-state index contributed by atoms with van der Waals surface area (Å²) in [4.78, 5) is 14.2. The summed E-state index contributed by atoms with van der Waals surface area (Å²) in [6.45, 7) is 2.85. The number of nitrogens with zero attached hydrogens (tertiary/aromatic N) is 1. The molecule has 0 saturated carbocycles. The smallest absolute Gasteiger partial charge is 0.155 e. The van der Waals surface area contributed by atoms with Gasteiger partial charge in [0, 0.05) is 32.4 Å². The molecule has 2 aromatic rings. The Morgan fingerprint density at radius 3 is 2.30 bits per heavy atom. The summed E-state index contributed by atoms with van der Waals surface area (Å²) in [5, 5.41) is 8.36. The SMILES string of the molecule is CC(=O)C=C(C)O.[Ir].[c-]1ccccc1-c1ccccn1.